The zero-order chi connectivity index (χ0) is 35.9. The van der Waals surface area contributed by atoms with Crippen molar-refractivity contribution in [1.29, 1.82) is 0 Å². The van der Waals surface area contributed by atoms with Gasteiger partial charge in [-0.3, -0.25) is 4.79 Å². The molecule has 0 aromatic carbocycles. The molecule has 0 aliphatic rings. The van der Waals surface area contributed by atoms with Crippen LogP contribution in [-0.4, -0.2) is 41.9 Å². The quantitative estimate of drug-likeness (QED) is 0.0372. The van der Waals surface area contributed by atoms with Crippen LogP contribution in [0.4, 0.5) is 0 Å². The topological polar surface area (TPSA) is 44.8 Å². The summed E-state index contributed by atoms with van der Waals surface area (Å²) in [4.78, 5) is 13.1. The molecule has 0 rings (SSSR count). The first kappa shape index (κ1) is 45.8. The molecule has 0 aliphatic heterocycles. The van der Waals surface area contributed by atoms with E-state index in [1.807, 2.05) is 0 Å². The van der Waals surface area contributed by atoms with Gasteiger partial charge in [0.2, 0.25) is 16.6 Å². The highest BCUT2D eigenvalue weighted by atomic mass is 28.4. The van der Waals surface area contributed by atoms with Crippen LogP contribution in [0.25, 0.3) is 0 Å². The molecular formula is C41H78O4Si2. The molecule has 0 spiro atoms. The molecule has 274 valence electrons. The Kier molecular flexibility index (Phi) is 25.0. The Balaban J connectivity index is 5.08. The van der Waals surface area contributed by atoms with Crippen LogP contribution in [0.5, 0.6) is 0 Å². The summed E-state index contributed by atoms with van der Waals surface area (Å²) in [6.45, 7) is 30.7. The third-order valence-electron chi connectivity index (χ3n) is 9.96. The molecule has 0 heterocycles. The van der Waals surface area contributed by atoms with Crippen LogP contribution in [0.15, 0.2) is 48.6 Å². The molecule has 0 fully saturated rings. The van der Waals surface area contributed by atoms with Gasteiger partial charge in [-0.1, -0.05) is 151 Å². The van der Waals surface area contributed by atoms with Gasteiger partial charge in [-0.05, 0) is 78.2 Å². The summed E-state index contributed by atoms with van der Waals surface area (Å²) in [5.41, 5.74) is 2.84. The Morgan fingerprint density at radius 3 is 1.19 bits per heavy atom. The molecule has 6 heteroatoms. The number of hydrogen-bond donors (Lipinski definition) is 0. The highest BCUT2D eigenvalue weighted by Gasteiger charge is 2.47. The lowest BCUT2D eigenvalue weighted by atomic mass is 10.2. The fraction of sp³-hybridized carbons (Fsp3) is 0.780. The maximum absolute atomic E-state index is 13.1. The van der Waals surface area contributed by atoms with Crippen LogP contribution in [0.1, 0.15) is 154 Å². The average Bonchev–Trinajstić information content (AvgIpc) is 2.98. The predicted octanol–water partition coefficient (Wildman–Crippen LogP) is 13.4. The number of unbranched alkanes of at least 4 members (excludes halogenated alkanes) is 4. The summed E-state index contributed by atoms with van der Waals surface area (Å²) >= 11 is 0. The minimum atomic E-state index is -2.10. The van der Waals surface area contributed by atoms with Crippen LogP contribution in [0.2, 0.25) is 33.2 Å². The first-order valence-corrected chi connectivity index (χ1v) is 23.5. The lowest BCUT2D eigenvalue weighted by molar-refractivity contribution is -0.152. The minimum absolute atomic E-state index is 0.144. The van der Waals surface area contributed by atoms with Crippen LogP contribution in [0.3, 0.4) is 0 Å². The number of ether oxygens (including phenoxy) is 1. The normalized spacial score (nSPS) is 13.8. The van der Waals surface area contributed by atoms with Gasteiger partial charge >= 0.3 is 5.97 Å². The maximum atomic E-state index is 13.1. The Morgan fingerprint density at radius 1 is 0.511 bits per heavy atom. The molecule has 0 radical (unpaired) electrons. The minimum Gasteiger partial charge on any atom is -0.458 e. The van der Waals surface area contributed by atoms with E-state index in [0.717, 1.165) is 32.1 Å². The molecule has 0 bridgehead atoms. The van der Waals surface area contributed by atoms with Gasteiger partial charge in [0.25, 0.3) is 0 Å². The first-order valence-electron chi connectivity index (χ1n) is 19.3. The molecule has 0 saturated heterocycles. The monoisotopic (exact) mass is 691 g/mol. The second-order valence-corrected chi connectivity index (χ2v) is 26.3. The van der Waals surface area contributed by atoms with E-state index in [1.165, 1.54) is 25.7 Å². The highest BCUT2D eigenvalue weighted by molar-refractivity contribution is 6.78. The van der Waals surface area contributed by atoms with Crippen molar-refractivity contribution in [3.05, 3.63) is 48.6 Å². The van der Waals surface area contributed by atoms with Crippen molar-refractivity contribution < 1.29 is 18.4 Å². The maximum Gasteiger partial charge on any atom is 0.306 e. The lowest BCUT2D eigenvalue weighted by Crippen LogP contribution is -2.52. The van der Waals surface area contributed by atoms with Crippen molar-refractivity contribution in [1.82, 2.24) is 0 Å². The summed E-state index contributed by atoms with van der Waals surface area (Å²) in [6, 6.07) is 0. The molecule has 4 nitrogen and oxygen atoms in total. The fourth-order valence-electron chi connectivity index (χ4n) is 7.76. The SMILES string of the molecule is CCCCC/C=C/C/C=C/C/C=C/C/C=C/CCCC(=O)OC(CO[Si](C(C)C)(C(C)C)C(C)C)CO[Si](C(C)C)(C(C)C)C(C)C. The van der Waals surface area contributed by atoms with Gasteiger partial charge in [0.1, 0.15) is 6.10 Å². The van der Waals surface area contributed by atoms with E-state index in [9.17, 15) is 4.79 Å². The Bertz CT molecular complexity index is 835. The molecule has 0 aromatic rings. The zero-order valence-corrected chi connectivity index (χ0v) is 35.3. The van der Waals surface area contributed by atoms with Gasteiger partial charge in [-0.2, -0.15) is 0 Å². The molecule has 0 unspecified atom stereocenters. The number of esters is 1. The fourth-order valence-corrected chi connectivity index (χ4v) is 18.7. The van der Waals surface area contributed by atoms with E-state index in [-0.39, 0.29) is 12.1 Å². The number of carbonyl (C=O) groups is 1. The van der Waals surface area contributed by atoms with Gasteiger partial charge in [0.05, 0.1) is 13.2 Å². The summed E-state index contributed by atoms with van der Waals surface area (Å²) in [5, 5.41) is 0. The third kappa shape index (κ3) is 16.8. The largest absolute Gasteiger partial charge is 0.458 e. The Hall–Kier alpha value is -1.22. The molecule has 0 aliphatic carbocycles. The van der Waals surface area contributed by atoms with E-state index >= 15 is 0 Å². The van der Waals surface area contributed by atoms with Gasteiger partial charge in [0, 0.05) is 6.42 Å². The van der Waals surface area contributed by atoms with Crippen LogP contribution in [-0.2, 0) is 18.4 Å². The number of rotatable bonds is 27. The van der Waals surface area contributed by atoms with Crippen LogP contribution < -0.4 is 0 Å². The standard InChI is InChI=1S/C41H78O4Si2/c1-14-15-16-17-18-19-20-21-22-23-24-25-26-27-28-29-30-31-41(42)45-40(32-43-46(34(2)3,35(4)5)36(6)7)33-44-47(37(8)9,38(10)11)39(12)13/h18-19,21-22,24-25,27-28,34-40H,14-17,20,23,26,29-33H2,1-13H3/b19-18+,22-21+,25-24+,28-27+. The molecule has 0 amide bonds. The number of allylic oxidation sites excluding steroid dienone is 8. The smallest absolute Gasteiger partial charge is 0.306 e. The summed E-state index contributed by atoms with van der Waals surface area (Å²) < 4.78 is 20.0. The van der Waals surface area contributed by atoms with Gasteiger partial charge < -0.3 is 13.6 Å². The molecule has 0 aromatic heterocycles. The van der Waals surface area contributed by atoms with Crippen molar-refractivity contribution in [2.45, 2.75) is 194 Å². The van der Waals surface area contributed by atoms with Crippen molar-refractivity contribution in [3.63, 3.8) is 0 Å². The summed E-state index contributed by atoms with van der Waals surface area (Å²) in [5.74, 6) is -0.144. The van der Waals surface area contributed by atoms with E-state index in [1.54, 1.807) is 0 Å². The van der Waals surface area contributed by atoms with Crippen molar-refractivity contribution in [3.8, 4) is 0 Å². The number of carbonyl (C=O) groups excluding carboxylic acids is 1. The van der Waals surface area contributed by atoms with Crippen LogP contribution >= 0.6 is 0 Å². The predicted molar refractivity (Wildman–Crippen MR) is 212 cm³/mol. The van der Waals surface area contributed by atoms with Gasteiger partial charge in [0.15, 0.2) is 0 Å². The second-order valence-electron chi connectivity index (χ2n) is 15.3. The average molecular weight is 691 g/mol. The van der Waals surface area contributed by atoms with E-state index in [2.05, 4.69) is 139 Å². The molecule has 0 atom stereocenters. The zero-order valence-electron chi connectivity index (χ0n) is 33.3. The van der Waals surface area contributed by atoms with Crippen LogP contribution in [0, 0.1) is 0 Å². The molecule has 0 saturated carbocycles. The third-order valence-corrected chi connectivity index (χ3v) is 22.1. The Labute approximate surface area is 295 Å². The van der Waals surface area contributed by atoms with E-state index in [4.69, 9.17) is 13.6 Å². The van der Waals surface area contributed by atoms with Crippen molar-refractivity contribution >= 4 is 22.6 Å². The highest BCUT2D eigenvalue weighted by Crippen LogP contribution is 2.44. The molecule has 47 heavy (non-hydrogen) atoms. The first-order chi connectivity index (χ1) is 22.2. The Morgan fingerprint density at radius 2 is 0.851 bits per heavy atom. The van der Waals surface area contributed by atoms with Gasteiger partial charge in [-0.15, -0.1) is 0 Å². The van der Waals surface area contributed by atoms with E-state index < -0.39 is 16.6 Å². The van der Waals surface area contributed by atoms with Crippen molar-refractivity contribution in [2.75, 3.05) is 13.2 Å². The van der Waals surface area contributed by atoms with E-state index in [0.29, 0.717) is 52.9 Å². The van der Waals surface area contributed by atoms with Gasteiger partial charge in [-0.25, -0.2) is 0 Å². The molecule has 0 N–H and O–H groups in total. The second kappa shape index (κ2) is 25.7. The number of hydrogen-bond acceptors (Lipinski definition) is 4. The summed E-state index contributed by atoms with van der Waals surface area (Å²) in [6.07, 6.45) is 27.6. The molecular weight excluding hydrogens is 613 g/mol. The lowest BCUT2D eigenvalue weighted by Gasteiger charge is -2.44. The van der Waals surface area contributed by atoms with Crippen molar-refractivity contribution in [2.24, 2.45) is 0 Å². The summed E-state index contributed by atoms with van der Waals surface area (Å²) in [7, 11) is -4.21.